The molecule has 1 aliphatic carbocycles. The second-order valence-electron chi connectivity index (χ2n) is 4.99. The molecule has 17 heavy (non-hydrogen) atoms. The van der Waals surface area contributed by atoms with Gasteiger partial charge in [0.05, 0.1) is 17.5 Å². The molecule has 1 saturated heterocycles. The van der Waals surface area contributed by atoms with E-state index in [9.17, 15) is 8.42 Å². The molecule has 3 rings (SSSR count). The van der Waals surface area contributed by atoms with Crippen LogP contribution in [-0.4, -0.2) is 29.7 Å². The molecule has 2 aliphatic rings. The van der Waals surface area contributed by atoms with E-state index in [2.05, 4.69) is 5.10 Å². The summed E-state index contributed by atoms with van der Waals surface area (Å²) in [6.07, 6.45) is 4.54. The van der Waals surface area contributed by atoms with Crippen molar-refractivity contribution < 1.29 is 8.42 Å². The normalized spacial score (nSPS) is 23.8. The van der Waals surface area contributed by atoms with Crippen molar-refractivity contribution in [3.63, 3.8) is 0 Å². The van der Waals surface area contributed by atoms with Crippen LogP contribution in [0.15, 0.2) is 0 Å². The Bertz CT molecular complexity index is 533. The first-order valence-electron chi connectivity index (χ1n) is 6.13. The number of nitrogens with zero attached hydrogens (tertiary/aromatic N) is 2. The number of anilines is 1. The monoisotopic (exact) mass is 255 g/mol. The van der Waals surface area contributed by atoms with Crippen LogP contribution < -0.4 is 5.73 Å². The van der Waals surface area contributed by atoms with Crippen LogP contribution >= 0.6 is 0 Å². The van der Waals surface area contributed by atoms with Crippen molar-refractivity contribution in [1.29, 1.82) is 0 Å². The average molecular weight is 255 g/mol. The SMILES string of the molecule is Nc1nn(C2CCS(=O)(=O)CC2)c2c1CCC2. The summed E-state index contributed by atoms with van der Waals surface area (Å²) in [7, 11) is -2.80. The van der Waals surface area contributed by atoms with Gasteiger partial charge in [0.15, 0.2) is 0 Å². The zero-order valence-electron chi connectivity index (χ0n) is 9.72. The van der Waals surface area contributed by atoms with Crippen molar-refractivity contribution in [2.45, 2.75) is 38.1 Å². The van der Waals surface area contributed by atoms with Gasteiger partial charge in [-0.2, -0.15) is 5.10 Å². The lowest BCUT2D eigenvalue weighted by Crippen LogP contribution is -2.27. The molecule has 0 amide bonds. The van der Waals surface area contributed by atoms with Crippen LogP contribution in [0.1, 0.15) is 36.6 Å². The summed E-state index contributed by atoms with van der Waals surface area (Å²) in [5.41, 5.74) is 8.34. The maximum absolute atomic E-state index is 11.4. The molecule has 0 aromatic carbocycles. The Morgan fingerprint density at radius 1 is 1.24 bits per heavy atom. The molecule has 1 aromatic rings. The second-order valence-corrected chi connectivity index (χ2v) is 7.30. The van der Waals surface area contributed by atoms with Crippen LogP contribution in [0.4, 0.5) is 5.82 Å². The predicted octanol–water partition coefficient (Wildman–Crippen LogP) is 0.704. The zero-order valence-corrected chi connectivity index (χ0v) is 10.5. The van der Waals surface area contributed by atoms with Gasteiger partial charge in [-0.15, -0.1) is 0 Å². The Kier molecular flexibility index (Phi) is 2.43. The number of nitrogens with two attached hydrogens (primary N) is 1. The van der Waals surface area contributed by atoms with Gasteiger partial charge < -0.3 is 5.73 Å². The summed E-state index contributed by atoms with van der Waals surface area (Å²) in [6, 6.07) is 0.225. The Balaban J connectivity index is 1.89. The molecule has 0 radical (unpaired) electrons. The third-order valence-electron chi connectivity index (χ3n) is 3.86. The summed E-state index contributed by atoms with van der Waals surface area (Å²) in [4.78, 5) is 0. The molecule has 2 N–H and O–H groups in total. The van der Waals surface area contributed by atoms with E-state index in [-0.39, 0.29) is 17.5 Å². The minimum Gasteiger partial charge on any atom is -0.382 e. The number of sulfone groups is 1. The molecule has 94 valence electrons. The summed E-state index contributed by atoms with van der Waals surface area (Å²) in [5, 5.41) is 4.40. The topological polar surface area (TPSA) is 78.0 Å². The largest absolute Gasteiger partial charge is 0.382 e. The van der Waals surface area contributed by atoms with E-state index in [4.69, 9.17) is 5.73 Å². The van der Waals surface area contributed by atoms with Gasteiger partial charge in [0.2, 0.25) is 0 Å². The Morgan fingerprint density at radius 2 is 1.94 bits per heavy atom. The van der Waals surface area contributed by atoms with Crippen molar-refractivity contribution >= 4 is 15.7 Å². The number of rotatable bonds is 1. The summed E-state index contributed by atoms with van der Waals surface area (Å²) in [5.74, 6) is 1.21. The molecule has 0 atom stereocenters. The Morgan fingerprint density at radius 3 is 2.65 bits per heavy atom. The molecular weight excluding hydrogens is 238 g/mol. The first-order valence-corrected chi connectivity index (χ1v) is 7.95. The lowest BCUT2D eigenvalue weighted by atomic mass is 10.1. The van der Waals surface area contributed by atoms with E-state index in [1.54, 1.807) is 0 Å². The van der Waals surface area contributed by atoms with Gasteiger partial charge >= 0.3 is 0 Å². The lowest BCUT2D eigenvalue weighted by molar-refractivity contribution is 0.403. The van der Waals surface area contributed by atoms with Crippen molar-refractivity contribution in [2.24, 2.45) is 0 Å². The van der Waals surface area contributed by atoms with Crippen LogP contribution in [0.2, 0.25) is 0 Å². The van der Waals surface area contributed by atoms with Crippen LogP contribution in [0.3, 0.4) is 0 Å². The van der Waals surface area contributed by atoms with Crippen LogP contribution in [-0.2, 0) is 22.7 Å². The van der Waals surface area contributed by atoms with E-state index < -0.39 is 9.84 Å². The van der Waals surface area contributed by atoms with Gasteiger partial charge in [-0.05, 0) is 32.1 Å². The molecule has 0 saturated carbocycles. The first kappa shape index (κ1) is 11.1. The average Bonchev–Trinajstić information content (AvgIpc) is 2.83. The van der Waals surface area contributed by atoms with Crippen LogP contribution in [0.5, 0.6) is 0 Å². The third-order valence-corrected chi connectivity index (χ3v) is 5.58. The van der Waals surface area contributed by atoms with Crippen molar-refractivity contribution in [2.75, 3.05) is 17.2 Å². The van der Waals surface area contributed by atoms with Crippen LogP contribution in [0, 0.1) is 0 Å². The van der Waals surface area contributed by atoms with E-state index >= 15 is 0 Å². The number of aromatic nitrogens is 2. The highest BCUT2D eigenvalue weighted by Crippen LogP contribution is 2.32. The number of nitrogen functional groups attached to an aromatic ring is 1. The lowest BCUT2D eigenvalue weighted by Gasteiger charge is -2.23. The molecule has 1 aromatic heterocycles. The number of hydrogen-bond donors (Lipinski definition) is 1. The van der Waals surface area contributed by atoms with Crippen molar-refractivity contribution in [3.8, 4) is 0 Å². The smallest absolute Gasteiger partial charge is 0.150 e. The van der Waals surface area contributed by atoms with Gasteiger partial charge in [-0.1, -0.05) is 0 Å². The highest BCUT2D eigenvalue weighted by Gasteiger charge is 2.29. The Hall–Kier alpha value is -1.04. The molecule has 0 bridgehead atoms. The molecule has 1 fully saturated rings. The molecule has 5 nitrogen and oxygen atoms in total. The molecule has 1 aliphatic heterocycles. The minimum atomic E-state index is -2.80. The second kappa shape index (κ2) is 3.73. The zero-order chi connectivity index (χ0) is 12.0. The first-order chi connectivity index (χ1) is 8.07. The van der Waals surface area contributed by atoms with Gasteiger partial charge in [-0.3, -0.25) is 4.68 Å². The highest BCUT2D eigenvalue weighted by atomic mass is 32.2. The molecule has 0 spiro atoms. The highest BCUT2D eigenvalue weighted by molar-refractivity contribution is 7.91. The summed E-state index contributed by atoms with van der Waals surface area (Å²) >= 11 is 0. The maximum Gasteiger partial charge on any atom is 0.150 e. The molecule has 0 unspecified atom stereocenters. The van der Waals surface area contributed by atoms with Gasteiger partial charge in [0.25, 0.3) is 0 Å². The number of fused-ring (bicyclic) bond motifs is 1. The fourth-order valence-corrected chi connectivity index (χ4v) is 4.38. The molecular formula is C11H17N3O2S. The molecule has 6 heteroatoms. The fourth-order valence-electron chi connectivity index (χ4n) is 2.92. The maximum atomic E-state index is 11.4. The van der Waals surface area contributed by atoms with E-state index in [0.29, 0.717) is 18.7 Å². The van der Waals surface area contributed by atoms with Gasteiger partial charge in [-0.25, -0.2) is 8.42 Å². The fraction of sp³-hybridized carbons (Fsp3) is 0.727. The van der Waals surface area contributed by atoms with E-state index in [0.717, 1.165) is 19.3 Å². The molecule has 2 heterocycles. The summed E-state index contributed by atoms with van der Waals surface area (Å²) < 4.78 is 24.8. The number of hydrogen-bond acceptors (Lipinski definition) is 4. The van der Waals surface area contributed by atoms with Gasteiger partial charge in [0.1, 0.15) is 15.7 Å². The van der Waals surface area contributed by atoms with E-state index in [1.807, 2.05) is 4.68 Å². The standard InChI is InChI=1S/C11H17N3O2S/c12-11-9-2-1-3-10(9)14(13-11)8-4-6-17(15,16)7-5-8/h8H,1-7H2,(H2,12,13). The predicted molar refractivity (Wildman–Crippen MR) is 65.6 cm³/mol. The summed E-state index contributed by atoms with van der Waals surface area (Å²) in [6.45, 7) is 0. The van der Waals surface area contributed by atoms with E-state index in [1.165, 1.54) is 11.3 Å². The quantitative estimate of drug-likeness (QED) is 0.801. The Labute approximate surface area is 101 Å². The minimum absolute atomic E-state index is 0.225. The van der Waals surface area contributed by atoms with Gasteiger partial charge in [0, 0.05) is 11.3 Å². The van der Waals surface area contributed by atoms with Crippen LogP contribution in [0.25, 0.3) is 0 Å². The van der Waals surface area contributed by atoms with Crippen molar-refractivity contribution in [1.82, 2.24) is 9.78 Å². The third kappa shape index (κ3) is 1.84. The van der Waals surface area contributed by atoms with Crippen molar-refractivity contribution in [3.05, 3.63) is 11.3 Å².